The Hall–Kier alpha value is -3.39. The minimum absolute atomic E-state index is 0.204. The van der Waals surface area contributed by atoms with Crippen LogP contribution in [-0.2, 0) is 0 Å². The van der Waals surface area contributed by atoms with Crippen LogP contribution in [0.25, 0.3) is 22.4 Å². The number of aromatic amines is 2. The third kappa shape index (κ3) is 4.60. The summed E-state index contributed by atoms with van der Waals surface area (Å²) in [6, 6.07) is 12.1. The molecule has 0 saturated heterocycles. The van der Waals surface area contributed by atoms with E-state index >= 15 is 0 Å². The molecule has 0 bridgehead atoms. The summed E-state index contributed by atoms with van der Waals surface area (Å²) in [6.07, 6.45) is 4.30. The first-order valence-electron chi connectivity index (χ1n) is 10.4. The van der Waals surface area contributed by atoms with E-state index in [9.17, 15) is 9.59 Å². The van der Waals surface area contributed by atoms with E-state index in [2.05, 4.69) is 32.2 Å². The molecule has 3 aromatic heterocycles. The molecule has 8 heteroatoms. The number of thioether (sulfide) groups is 1. The molecule has 0 aliphatic rings. The lowest BCUT2D eigenvalue weighted by atomic mass is 10.1. The number of benzene rings is 1. The summed E-state index contributed by atoms with van der Waals surface area (Å²) in [7, 11) is 0. The quantitative estimate of drug-likeness (QED) is 0.395. The fourth-order valence-electron chi connectivity index (χ4n) is 3.66. The zero-order valence-corrected chi connectivity index (χ0v) is 19.0. The Morgan fingerprint density at radius 3 is 2.75 bits per heavy atom. The second-order valence-electron chi connectivity index (χ2n) is 7.68. The van der Waals surface area contributed by atoms with Gasteiger partial charge in [0, 0.05) is 34.4 Å². The molecule has 1 aromatic carbocycles. The lowest BCUT2D eigenvalue weighted by Crippen LogP contribution is -2.30. The van der Waals surface area contributed by atoms with Crippen LogP contribution in [0, 0.1) is 13.8 Å². The number of pyridine rings is 1. The van der Waals surface area contributed by atoms with Gasteiger partial charge in [-0.15, -0.1) is 0 Å². The molecule has 1 atom stereocenters. The van der Waals surface area contributed by atoms with Crippen LogP contribution in [0.4, 0.5) is 0 Å². The van der Waals surface area contributed by atoms with Crippen molar-refractivity contribution >= 4 is 28.6 Å². The highest BCUT2D eigenvalue weighted by molar-refractivity contribution is 7.98. The van der Waals surface area contributed by atoms with Crippen molar-refractivity contribution in [3.05, 3.63) is 81.5 Å². The highest BCUT2D eigenvalue weighted by Crippen LogP contribution is 2.23. The Kier molecular flexibility index (Phi) is 6.41. The number of H-pyrrole nitrogens is 2. The van der Waals surface area contributed by atoms with E-state index in [1.807, 2.05) is 37.4 Å². The van der Waals surface area contributed by atoms with Crippen molar-refractivity contribution in [3.63, 3.8) is 0 Å². The molecule has 0 radical (unpaired) electrons. The van der Waals surface area contributed by atoms with Gasteiger partial charge in [0.05, 0.1) is 11.7 Å². The molecular weight excluding hydrogens is 422 g/mol. The second-order valence-corrected chi connectivity index (χ2v) is 8.66. The van der Waals surface area contributed by atoms with Crippen LogP contribution >= 0.6 is 11.8 Å². The first kappa shape index (κ1) is 21.8. The largest absolute Gasteiger partial charge is 0.358 e. The van der Waals surface area contributed by atoms with Crippen LogP contribution in [-0.4, -0.2) is 37.9 Å². The minimum atomic E-state index is -0.400. The summed E-state index contributed by atoms with van der Waals surface area (Å²) in [4.78, 5) is 40.4. The summed E-state index contributed by atoms with van der Waals surface area (Å²) in [5.74, 6) is 0.992. The van der Waals surface area contributed by atoms with E-state index < -0.39 is 6.04 Å². The van der Waals surface area contributed by atoms with Crippen LogP contribution in [0.5, 0.6) is 0 Å². The molecule has 32 heavy (non-hydrogen) atoms. The van der Waals surface area contributed by atoms with Gasteiger partial charge in [-0.1, -0.05) is 12.1 Å². The molecule has 164 valence electrons. The predicted octanol–water partition coefficient (Wildman–Crippen LogP) is 4.15. The molecule has 4 aromatic rings. The topological polar surface area (TPSA) is 104 Å². The van der Waals surface area contributed by atoms with Crippen molar-refractivity contribution < 1.29 is 4.79 Å². The molecule has 0 fully saturated rings. The lowest BCUT2D eigenvalue weighted by molar-refractivity contribution is 0.0935. The zero-order valence-electron chi connectivity index (χ0n) is 18.2. The van der Waals surface area contributed by atoms with Gasteiger partial charge >= 0.3 is 0 Å². The van der Waals surface area contributed by atoms with Crippen LogP contribution in [0.1, 0.15) is 39.8 Å². The molecule has 0 aliphatic heterocycles. The van der Waals surface area contributed by atoms with Crippen molar-refractivity contribution in [1.29, 1.82) is 0 Å². The fourth-order valence-corrected chi connectivity index (χ4v) is 4.14. The van der Waals surface area contributed by atoms with Gasteiger partial charge in [0.1, 0.15) is 5.69 Å². The van der Waals surface area contributed by atoms with Gasteiger partial charge in [0.15, 0.2) is 5.82 Å². The molecule has 3 heterocycles. The number of rotatable bonds is 7. The third-order valence-electron chi connectivity index (χ3n) is 5.51. The molecule has 3 N–H and O–H groups in total. The number of aromatic nitrogens is 4. The van der Waals surface area contributed by atoms with Gasteiger partial charge < -0.3 is 15.3 Å². The highest BCUT2D eigenvalue weighted by Gasteiger charge is 2.19. The SMILES string of the molecule is CSCCC(NC(=O)c1ccc2c(C)c(C)[nH]c2c1)c1cc(=O)[nH]c(-c2ccccn2)n1. The number of carbonyl (C=O) groups is 1. The number of nitrogens with one attached hydrogen (secondary N) is 3. The Morgan fingerprint density at radius 2 is 2.00 bits per heavy atom. The van der Waals surface area contributed by atoms with Crippen molar-refractivity contribution in [1.82, 2.24) is 25.3 Å². The van der Waals surface area contributed by atoms with Crippen molar-refractivity contribution in [3.8, 4) is 11.5 Å². The molecule has 0 aliphatic carbocycles. The lowest BCUT2D eigenvalue weighted by Gasteiger charge is -2.18. The summed E-state index contributed by atoms with van der Waals surface area (Å²) in [5, 5.41) is 4.18. The molecule has 0 saturated carbocycles. The van der Waals surface area contributed by atoms with E-state index in [0.29, 0.717) is 29.2 Å². The first-order valence-corrected chi connectivity index (χ1v) is 11.8. The first-order chi connectivity index (χ1) is 15.5. The maximum Gasteiger partial charge on any atom is 0.251 e. The fraction of sp³-hybridized carbons (Fsp3) is 0.250. The minimum Gasteiger partial charge on any atom is -0.358 e. The molecule has 4 rings (SSSR count). The van der Waals surface area contributed by atoms with Gasteiger partial charge in [-0.25, -0.2) is 4.98 Å². The average Bonchev–Trinajstić information content (AvgIpc) is 3.09. The second kappa shape index (κ2) is 9.40. The summed E-state index contributed by atoms with van der Waals surface area (Å²) in [5.41, 5.74) is 4.57. The van der Waals surface area contributed by atoms with Crippen LogP contribution in [0.2, 0.25) is 0 Å². The molecular formula is C24H25N5O2S. The zero-order chi connectivity index (χ0) is 22.7. The summed E-state index contributed by atoms with van der Waals surface area (Å²) in [6.45, 7) is 4.08. The average molecular weight is 448 g/mol. The molecule has 1 unspecified atom stereocenters. The molecule has 1 amide bonds. The summed E-state index contributed by atoms with van der Waals surface area (Å²) >= 11 is 1.68. The van der Waals surface area contributed by atoms with Gasteiger partial charge in [0.25, 0.3) is 11.5 Å². The van der Waals surface area contributed by atoms with E-state index in [1.54, 1.807) is 30.1 Å². The Bertz CT molecular complexity index is 1310. The molecule has 7 nitrogen and oxygen atoms in total. The van der Waals surface area contributed by atoms with Crippen LogP contribution in [0.15, 0.2) is 53.5 Å². The number of hydrogen-bond donors (Lipinski definition) is 3. The standard InChI is InChI=1S/C24H25N5O2S/c1-14-15(2)26-20-12-16(7-8-17(14)20)24(31)28-18(9-11-32-3)21-13-22(30)29-23(27-21)19-6-4-5-10-25-19/h4-8,10,12-13,18,26H,9,11H2,1-3H3,(H,28,31)(H,27,29,30). The number of fused-ring (bicyclic) bond motifs is 1. The molecule has 0 spiro atoms. The Morgan fingerprint density at radius 1 is 1.16 bits per heavy atom. The van der Waals surface area contributed by atoms with Crippen LogP contribution < -0.4 is 10.9 Å². The predicted molar refractivity (Wildman–Crippen MR) is 129 cm³/mol. The number of hydrogen-bond acceptors (Lipinski definition) is 5. The van der Waals surface area contributed by atoms with E-state index in [4.69, 9.17) is 0 Å². The maximum absolute atomic E-state index is 13.1. The Labute approximate surface area is 190 Å². The number of aryl methyl sites for hydroxylation is 2. The highest BCUT2D eigenvalue weighted by atomic mass is 32.2. The maximum atomic E-state index is 13.1. The van der Waals surface area contributed by atoms with Crippen molar-refractivity contribution in [2.24, 2.45) is 0 Å². The van der Waals surface area contributed by atoms with Crippen molar-refractivity contribution in [2.75, 3.05) is 12.0 Å². The van der Waals surface area contributed by atoms with E-state index in [1.165, 1.54) is 11.6 Å². The third-order valence-corrected chi connectivity index (χ3v) is 6.16. The van der Waals surface area contributed by atoms with Gasteiger partial charge in [-0.2, -0.15) is 11.8 Å². The number of amides is 1. The smallest absolute Gasteiger partial charge is 0.251 e. The van der Waals surface area contributed by atoms with Crippen molar-refractivity contribution in [2.45, 2.75) is 26.3 Å². The summed E-state index contributed by atoms with van der Waals surface area (Å²) < 4.78 is 0. The van der Waals surface area contributed by atoms with E-state index in [0.717, 1.165) is 22.3 Å². The Balaban J connectivity index is 1.65. The number of carbonyl (C=O) groups excluding carboxylic acids is 1. The van der Waals surface area contributed by atoms with Gasteiger partial charge in [0.2, 0.25) is 0 Å². The normalized spacial score (nSPS) is 12.1. The number of nitrogens with zero attached hydrogens (tertiary/aromatic N) is 2. The van der Waals surface area contributed by atoms with Gasteiger partial charge in [-0.3, -0.25) is 14.6 Å². The van der Waals surface area contributed by atoms with Gasteiger partial charge in [-0.05, 0) is 62.1 Å². The van der Waals surface area contributed by atoms with Crippen LogP contribution in [0.3, 0.4) is 0 Å². The monoisotopic (exact) mass is 447 g/mol. The van der Waals surface area contributed by atoms with E-state index in [-0.39, 0.29) is 11.5 Å².